The minimum atomic E-state index is -0.168. The molecule has 2 heterocycles. The lowest BCUT2D eigenvalue weighted by atomic mass is 10.1. The number of benzene rings is 1. The molecule has 6 heteroatoms. The monoisotopic (exact) mass is 330 g/mol. The number of aryl methyl sites for hydroxylation is 1. The molecule has 0 unspecified atom stereocenters. The Bertz CT molecular complexity index is 720. The maximum Gasteiger partial charge on any atom is 0.257 e. The van der Waals surface area contributed by atoms with E-state index in [1.165, 1.54) is 6.07 Å². The molecule has 24 heavy (non-hydrogen) atoms. The highest BCUT2D eigenvalue weighted by atomic mass is 19.1. The Morgan fingerprint density at radius 1 is 1.21 bits per heavy atom. The quantitative estimate of drug-likeness (QED) is 0.864. The van der Waals surface area contributed by atoms with Crippen LogP contribution in [0.25, 0.3) is 0 Å². The molecule has 1 aromatic heterocycles. The van der Waals surface area contributed by atoms with E-state index < -0.39 is 0 Å². The first-order valence-electron chi connectivity index (χ1n) is 8.37. The molecule has 0 N–H and O–H groups in total. The Kier molecular flexibility index (Phi) is 4.94. The molecule has 1 aromatic carbocycles. The Labute approximate surface area is 141 Å². The minimum absolute atomic E-state index is 0.0396. The van der Waals surface area contributed by atoms with E-state index in [0.717, 1.165) is 25.3 Å². The molecule has 1 saturated heterocycles. The fraction of sp³-hybridized carbons (Fsp3) is 0.444. The molecule has 0 saturated carbocycles. The van der Waals surface area contributed by atoms with E-state index in [1.807, 2.05) is 35.6 Å². The second-order valence-corrected chi connectivity index (χ2v) is 6.12. The summed E-state index contributed by atoms with van der Waals surface area (Å²) in [5, 5.41) is 4.25. The smallest absolute Gasteiger partial charge is 0.257 e. The number of hydrogen-bond acceptors (Lipinski definition) is 3. The van der Waals surface area contributed by atoms with Gasteiger partial charge in [0.05, 0.1) is 11.8 Å². The number of nitrogens with zero attached hydrogens (tertiary/aromatic N) is 4. The normalized spacial score (nSPS) is 15.7. The van der Waals surface area contributed by atoms with Crippen LogP contribution in [-0.4, -0.2) is 51.7 Å². The van der Waals surface area contributed by atoms with E-state index in [0.29, 0.717) is 30.8 Å². The molecule has 0 aliphatic carbocycles. The summed E-state index contributed by atoms with van der Waals surface area (Å²) < 4.78 is 15.6. The average Bonchev–Trinajstić information content (AvgIpc) is 2.97. The van der Waals surface area contributed by atoms with Crippen LogP contribution < -0.4 is 0 Å². The van der Waals surface area contributed by atoms with Gasteiger partial charge in [0.2, 0.25) is 0 Å². The zero-order valence-electron chi connectivity index (χ0n) is 14.2. The van der Waals surface area contributed by atoms with Gasteiger partial charge in [0.15, 0.2) is 0 Å². The molecule has 0 bridgehead atoms. The Hall–Kier alpha value is -2.21. The van der Waals surface area contributed by atoms with Crippen molar-refractivity contribution in [3.63, 3.8) is 0 Å². The third-order valence-corrected chi connectivity index (χ3v) is 4.64. The van der Waals surface area contributed by atoms with E-state index in [1.54, 1.807) is 12.3 Å². The number of carbonyl (C=O) groups excluding carboxylic acids is 1. The van der Waals surface area contributed by atoms with Crippen LogP contribution in [0.2, 0.25) is 0 Å². The Balaban J connectivity index is 1.59. The summed E-state index contributed by atoms with van der Waals surface area (Å²) in [6, 6.07) is 6.86. The number of halogens is 1. The fourth-order valence-corrected chi connectivity index (χ4v) is 3.12. The third-order valence-electron chi connectivity index (χ3n) is 4.64. The number of rotatable bonds is 4. The van der Waals surface area contributed by atoms with E-state index in [2.05, 4.69) is 10.00 Å². The summed E-state index contributed by atoms with van der Waals surface area (Å²) in [5.41, 5.74) is 2.30. The molecule has 0 spiro atoms. The van der Waals surface area contributed by atoms with Gasteiger partial charge in [-0.05, 0) is 19.9 Å². The van der Waals surface area contributed by atoms with Gasteiger partial charge in [-0.1, -0.05) is 18.2 Å². The lowest BCUT2D eigenvalue weighted by Crippen LogP contribution is -2.48. The van der Waals surface area contributed by atoms with Crippen molar-refractivity contribution in [3.8, 4) is 0 Å². The van der Waals surface area contributed by atoms with Crippen molar-refractivity contribution in [2.45, 2.75) is 26.9 Å². The van der Waals surface area contributed by atoms with E-state index >= 15 is 0 Å². The van der Waals surface area contributed by atoms with Crippen molar-refractivity contribution in [1.82, 2.24) is 19.6 Å². The number of amides is 1. The number of aromatic nitrogens is 2. The van der Waals surface area contributed by atoms with Crippen molar-refractivity contribution in [1.29, 1.82) is 0 Å². The highest BCUT2D eigenvalue weighted by Gasteiger charge is 2.25. The van der Waals surface area contributed by atoms with Gasteiger partial charge in [0.25, 0.3) is 5.91 Å². The molecule has 1 aliphatic rings. The minimum Gasteiger partial charge on any atom is -0.336 e. The van der Waals surface area contributed by atoms with E-state index in [-0.39, 0.29) is 11.7 Å². The molecule has 2 aromatic rings. The molecule has 0 atom stereocenters. The number of hydrogen-bond donors (Lipinski definition) is 0. The standard InChI is InChI=1S/C18H23FN4O/c1-3-23-14(2)16(12-20-23)18(24)22-10-8-21(9-11-22)13-15-6-4-5-7-17(15)19/h4-7,12H,3,8-11,13H2,1-2H3. The molecule has 0 radical (unpaired) electrons. The predicted octanol–water partition coefficient (Wildman–Crippen LogP) is 2.31. The Morgan fingerprint density at radius 2 is 1.92 bits per heavy atom. The second-order valence-electron chi connectivity index (χ2n) is 6.12. The molecule has 1 fully saturated rings. The molecule has 128 valence electrons. The van der Waals surface area contributed by atoms with Gasteiger partial charge < -0.3 is 4.90 Å². The number of carbonyl (C=O) groups is 1. The van der Waals surface area contributed by atoms with Crippen molar-refractivity contribution in [2.75, 3.05) is 26.2 Å². The molecule has 1 amide bonds. The largest absolute Gasteiger partial charge is 0.336 e. The molecule has 1 aliphatic heterocycles. The van der Waals surface area contributed by atoms with Gasteiger partial charge in [-0.3, -0.25) is 14.4 Å². The van der Waals surface area contributed by atoms with Gasteiger partial charge >= 0.3 is 0 Å². The van der Waals surface area contributed by atoms with Gasteiger partial charge in [-0.25, -0.2) is 4.39 Å². The summed E-state index contributed by atoms with van der Waals surface area (Å²) in [5.74, 6) is -0.128. The molecule has 3 rings (SSSR count). The van der Waals surface area contributed by atoms with Gasteiger partial charge in [0, 0.05) is 50.5 Å². The highest BCUT2D eigenvalue weighted by Crippen LogP contribution is 2.15. The second kappa shape index (κ2) is 7.13. The topological polar surface area (TPSA) is 41.4 Å². The third kappa shape index (κ3) is 3.33. The fourth-order valence-electron chi connectivity index (χ4n) is 3.12. The predicted molar refractivity (Wildman–Crippen MR) is 90.2 cm³/mol. The summed E-state index contributed by atoms with van der Waals surface area (Å²) in [6.07, 6.45) is 1.66. The first-order chi connectivity index (χ1) is 11.6. The van der Waals surface area contributed by atoms with Crippen molar-refractivity contribution < 1.29 is 9.18 Å². The van der Waals surface area contributed by atoms with Crippen LogP contribution in [0, 0.1) is 12.7 Å². The van der Waals surface area contributed by atoms with Crippen LogP contribution in [0.5, 0.6) is 0 Å². The lowest BCUT2D eigenvalue weighted by Gasteiger charge is -2.34. The first kappa shape index (κ1) is 16.6. The van der Waals surface area contributed by atoms with E-state index in [4.69, 9.17) is 0 Å². The SMILES string of the molecule is CCn1ncc(C(=O)N2CCN(Cc3ccccc3F)CC2)c1C. The van der Waals surface area contributed by atoms with Crippen LogP contribution in [0.1, 0.15) is 28.5 Å². The van der Waals surface area contributed by atoms with Crippen molar-refractivity contribution in [3.05, 3.63) is 53.1 Å². The van der Waals surface area contributed by atoms with Crippen molar-refractivity contribution >= 4 is 5.91 Å². The first-order valence-corrected chi connectivity index (χ1v) is 8.37. The summed E-state index contributed by atoms with van der Waals surface area (Å²) >= 11 is 0. The lowest BCUT2D eigenvalue weighted by molar-refractivity contribution is 0.0626. The van der Waals surface area contributed by atoms with Crippen LogP contribution in [-0.2, 0) is 13.1 Å². The van der Waals surface area contributed by atoms with E-state index in [9.17, 15) is 9.18 Å². The van der Waals surface area contributed by atoms with Crippen LogP contribution in [0.3, 0.4) is 0 Å². The molecular weight excluding hydrogens is 307 g/mol. The van der Waals surface area contributed by atoms with Crippen LogP contribution >= 0.6 is 0 Å². The molecule has 5 nitrogen and oxygen atoms in total. The van der Waals surface area contributed by atoms with Gasteiger partial charge in [0.1, 0.15) is 5.82 Å². The highest BCUT2D eigenvalue weighted by molar-refractivity contribution is 5.95. The maximum absolute atomic E-state index is 13.8. The van der Waals surface area contributed by atoms with Crippen LogP contribution in [0.15, 0.2) is 30.5 Å². The zero-order valence-corrected chi connectivity index (χ0v) is 14.2. The van der Waals surface area contributed by atoms with Gasteiger partial charge in [-0.2, -0.15) is 5.10 Å². The van der Waals surface area contributed by atoms with Crippen molar-refractivity contribution in [2.24, 2.45) is 0 Å². The average molecular weight is 330 g/mol. The summed E-state index contributed by atoms with van der Waals surface area (Å²) in [7, 11) is 0. The summed E-state index contributed by atoms with van der Waals surface area (Å²) in [4.78, 5) is 16.7. The zero-order chi connectivity index (χ0) is 17.1. The number of piperazine rings is 1. The van der Waals surface area contributed by atoms with Crippen LogP contribution in [0.4, 0.5) is 4.39 Å². The summed E-state index contributed by atoms with van der Waals surface area (Å²) in [6.45, 7) is 8.10. The molecular formula is C18H23FN4O. The maximum atomic E-state index is 13.8. The van der Waals surface area contributed by atoms with Gasteiger partial charge in [-0.15, -0.1) is 0 Å². The Morgan fingerprint density at radius 3 is 2.54 bits per heavy atom.